The van der Waals surface area contributed by atoms with Crippen LogP contribution in [0.2, 0.25) is 0 Å². The summed E-state index contributed by atoms with van der Waals surface area (Å²) in [6, 6.07) is 0. The third-order valence-corrected chi connectivity index (χ3v) is 4.29. The molecule has 2 aliphatic rings. The Hall–Kier alpha value is -0.730. The molecule has 0 aromatic heterocycles. The minimum absolute atomic E-state index is 0.858. The van der Waals surface area contributed by atoms with Gasteiger partial charge >= 0.3 is 0 Å². The summed E-state index contributed by atoms with van der Waals surface area (Å²) in [7, 11) is 0. The summed E-state index contributed by atoms with van der Waals surface area (Å²) in [5.41, 5.74) is 0. The lowest BCUT2D eigenvalue weighted by atomic mass is 9.77. The lowest BCUT2D eigenvalue weighted by Gasteiger charge is -2.31. The van der Waals surface area contributed by atoms with Crippen molar-refractivity contribution in [3.63, 3.8) is 0 Å². The van der Waals surface area contributed by atoms with Gasteiger partial charge in [-0.25, -0.2) is 0 Å². The molecule has 17 heavy (non-hydrogen) atoms. The highest BCUT2D eigenvalue weighted by Gasteiger charge is 2.23. The van der Waals surface area contributed by atoms with E-state index in [-0.39, 0.29) is 0 Å². The quantitative estimate of drug-likeness (QED) is 0.790. The Kier molecular flexibility index (Phi) is 4.69. The highest BCUT2D eigenvalue weighted by molar-refractivity contribution is 5.80. The van der Waals surface area contributed by atoms with Crippen LogP contribution in [0.25, 0.3) is 0 Å². The maximum absolute atomic E-state index is 4.45. The van der Waals surface area contributed by atoms with Gasteiger partial charge in [-0.1, -0.05) is 13.8 Å². The van der Waals surface area contributed by atoms with Crippen molar-refractivity contribution in [2.45, 2.75) is 46.0 Å². The van der Waals surface area contributed by atoms with Crippen LogP contribution in [-0.4, -0.2) is 25.6 Å². The highest BCUT2D eigenvalue weighted by atomic mass is 15.2. The van der Waals surface area contributed by atoms with E-state index in [2.05, 4.69) is 29.5 Å². The van der Waals surface area contributed by atoms with Gasteiger partial charge < -0.3 is 10.6 Å². The third kappa shape index (κ3) is 3.90. The molecule has 0 atom stereocenters. The third-order valence-electron chi connectivity index (χ3n) is 4.29. The van der Waals surface area contributed by atoms with E-state index in [1.807, 2.05) is 0 Å². The lowest BCUT2D eigenvalue weighted by Crippen LogP contribution is -2.43. The van der Waals surface area contributed by atoms with Gasteiger partial charge in [0.05, 0.1) is 0 Å². The van der Waals surface area contributed by atoms with Gasteiger partial charge in [0.1, 0.15) is 0 Å². The summed E-state index contributed by atoms with van der Waals surface area (Å²) in [6.45, 7) is 7.89. The first-order chi connectivity index (χ1) is 8.25. The molecule has 1 fully saturated rings. The second-order valence-corrected chi connectivity index (χ2v) is 5.92. The Morgan fingerprint density at radius 1 is 1.29 bits per heavy atom. The van der Waals surface area contributed by atoms with Gasteiger partial charge in [-0.2, -0.15) is 0 Å². The molecule has 0 aromatic rings. The first-order valence-corrected chi connectivity index (χ1v) is 7.28. The predicted molar refractivity (Wildman–Crippen MR) is 73.2 cm³/mol. The number of hydrogen-bond acceptors (Lipinski definition) is 3. The number of hydrogen-bond donors (Lipinski definition) is 2. The van der Waals surface area contributed by atoms with E-state index in [1.165, 1.54) is 32.1 Å². The van der Waals surface area contributed by atoms with Crippen molar-refractivity contribution in [1.82, 2.24) is 10.6 Å². The summed E-state index contributed by atoms with van der Waals surface area (Å²) in [5, 5.41) is 6.80. The van der Waals surface area contributed by atoms with Crippen LogP contribution in [0.15, 0.2) is 4.99 Å². The largest absolute Gasteiger partial charge is 0.356 e. The van der Waals surface area contributed by atoms with E-state index in [0.29, 0.717) is 0 Å². The van der Waals surface area contributed by atoms with Crippen LogP contribution in [-0.2, 0) is 0 Å². The number of guanidine groups is 1. The van der Waals surface area contributed by atoms with Gasteiger partial charge in [-0.15, -0.1) is 0 Å². The summed E-state index contributed by atoms with van der Waals surface area (Å²) in [6.07, 6.45) is 6.80. The van der Waals surface area contributed by atoms with E-state index in [9.17, 15) is 0 Å². The summed E-state index contributed by atoms with van der Waals surface area (Å²) >= 11 is 0. The summed E-state index contributed by atoms with van der Waals surface area (Å²) in [5.74, 6) is 3.73. The molecule has 1 heterocycles. The monoisotopic (exact) mass is 237 g/mol. The van der Waals surface area contributed by atoms with Crippen molar-refractivity contribution in [3.8, 4) is 0 Å². The molecule has 0 saturated heterocycles. The fourth-order valence-electron chi connectivity index (χ4n) is 2.95. The second-order valence-electron chi connectivity index (χ2n) is 5.92. The Morgan fingerprint density at radius 3 is 2.65 bits per heavy atom. The van der Waals surface area contributed by atoms with E-state index < -0.39 is 0 Å². The molecule has 3 nitrogen and oxygen atoms in total. The fraction of sp³-hybridized carbons (Fsp3) is 0.929. The molecular weight excluding hydrogens is 210 g/mol. The Bertz CT molecular complexity index is 252. The second kappa shape index (κ2) is 6.27. The number of nitrogens with zero attached hydrogens (tertiary/aromatic N) is 1. The molecule has 0 amide bonds. The van der Waals surface area contributed by atoms with Gasteiger partial charge in [0, 0.05) is 19.6 Å². The standard InChI is InChI=1S/C14H27N3/c1-11(2)13-6-4-12(5-7-13)10-17-14-15-8-3-9-16-14/h11-13H,3-10H2,1-2H3,(H2,15,16,17). The zero-order chi connectivity index (χ0) is 12.1. The van der Waals surface area contributed by atoms with Crippen LogP contribution in [0, 0.1) is 17.8 Å². The van der Waals surface area contributed by atoms with Crippen LogP contribution >= 0.6 is 0 Å². The van der Waals surface area contributed by atoms with Crippen LogP contribution in [0.4, 0.5) is 0 Å². The number of aliphatic imine (C=N–C) groups is 1. The van der Waals surface area contributed by atoms with Crippen LogP contribution in [0.5, 0.6) is 0 Å². The Labute approximate surface area is 105 Å². The average Bonchev–Trinajstić information content (AvgIpc) is 2.38. The molecule has 0 bridgehead atoms. The maximum Gasteiger partial charge on any atom is 0.191 e. The number of nitrogens with one attached hydrogen (secondary N) is 2. The van der Waals surface area contributed by atoms with Crippen molar-refractivity contribution in [3.05, 3.63) is 0 Å². The van der Waals surface area contributed by atoms with E-state index >= 15 is 0 Å². The zero-order valence-corrected chi connectivity index (χ0v) is 11.3. The van der Waals surface area contributed by atoms with Crippen LogP contribution < -0.4 is 10.6 Å². The van der Waals surface area contributed by atoms with Crippen molar-refractivity contribution in [2.75, 3.05) is 19.6 Å². The molecule has 1 saturated carbocycles. The van der Waals surface area contributed by atoms with E-state index in [0.717, 1.165) is 43.3 Å². The van der Waals surface area contributed by atoms with Crippen molar-refractivity contribution in [2.24, 2.45) is 22.7 Å². The first-order valence-electron chi connectivity index (χ1n) is 7.28. The predicted octanol–water partition coefficient (Wildman–Crippen LogP) is 2.39. The van der Waals surface area contributed by atoms with Gasteiger partial charge in [0.15, 0.2) is 5.96 Å². The van der Waals surface area contributed by atoms with Gasteiger partial charge in [-0.3, -0.25) is 4.99 Å². The Balaban J connectivity index is 1.66. The molecule has 1 aliphatic heterocycles. The average molecular weight is 237 g/mol. The first kappa shape index (κ1) is 12.7. The van der Waals surface area contributed by atoms with Crippen molar-refractivity contribution in [1.29, 1.82) is 0 Å². The fourth-order valence-corrected chi connectivity index (χ4v) is 2.95. The normalized spacial score (nSPS) is 29.7. The summed E-state index contributed by atoms with van der Waals surface area (Å²) in [4.78, 5) is 4.45. The molecule has 0 spiro atoms. The minimum Gasteiger partial charge on any atom is -0.356 e. The maximum atomic E-state index is 4.45. The molecule has 2 N–H and O–H groups in total. The molecule has 0 unspecified atom stereocenters. The van der Waals surface area contributed by atoms with E-state index in [4.69, 9.17) is 0 Å². The molecule has 0 radical (unpaired) electrons. The molecule has 98 valence electrons. The SMILES string of the molecule is CC(C)C1CCC(CNC2=NCCCN2)CC1. The van der Waals surface area contributed by atoms with Crippen molar-refractivity contribution < 1.29 is 0 Å². The molecule has 2 rings (SSSR count). The molecule has 1 aliphatic carbocycles. The Morgan fingerprint density at radius 2 is 2.06 bits per heavy atom. The molecule has 3 heteroatoms. The van der Waals surface area contributed by atoms with E-state index in [1.54, 1.807) is 0 Å². The highest BCUT2D eigenvalue weighted by Crippen LogP contribution is 2.32. The van der Waals surface area contributed by atoms with Gasteiger partial charge in [-0.05, 0) is 49.9 Å². The lowest BCUT2D eigenvalue weighted by molar-refractivity contribution is 0.224. The molecule has 0 aromatic carbocycles. The number of rotatable bonds is 3. The summed E-state index contributed by atoms with van der Waals surface area (Å²) < 4.78 is 0. The van der Waals surface area contributed by atoms with Crippen molar-refractivity contribution >= 4 is 5.96 Å². The van der Waals surface area contributed by atoms with Gasteiger partial charge in [0.2, 0.25) is 0 Å². The molecular formula is C14H27N3. The smallest absolute Gasteiger partial charge is 0.191 e. The minimum atomic E-state index is 0.858. The van der Waals surface area contributed by atoms with Crippen LogP contribution in [0.3, 0.4) is 0 Å². The van der Waals surface area contributed by atoms with Crippen LogP contribution in [0.1, 0.15) is 46.0 Å². The van der Waals surface area contributed by atoms with Gasteiger partial charge in [0.25, 0.3) is 0 Å². The topological polar surface area (TPSA) is 36.4 Å². The zero-order valence-electron chi connectivity index (χ0n) is 11.3.